The molecule has 1 amide bonds. The molecule has 0 aromatic carbocycles. The van der Waals surface area contributed by atoms with E-state index in [0.29, 0.717) is 44.6 Å². The Balaban J connectivity index is 2.19. The predicted molar refractivity (Wildman–Crippen MR) is 91.8 cm³/mol. The molecule has 24 heavy (non-hydrogen) atoms. The average molecular weight is 340 g/mol. The molecule has 0 aliphatic heterocycles. The second-order valence-corrected chi connectivity index (χ2v) is 4.94. The summed E-state index contributed by atoms with van der Waals surface area (Å²) in [4.78, 5) is 16.0. The second-order valence-electron chi connectivity index (χ2n) is 4.94. The number of carbonyl (C=O) groups is 1. The van der Waals surface area contributed by atoms with E-state index in [9.17, 15) is 4.79 Å². The second kappa shape index (κ2) is 13.4. The standard InChI is InChI=1S/C16H28N4O4/c1-3-17-16(18-7-5-8-23-11-10-22-2)20-13-15(21)19-12-14-6-4-9-24-14/h4,6,9H,3,5,7-8,10-13H2,1-2H3,(H,19,21)(H2,17,18,20). The highest BCUT2D eigenvalue weighted by Gasteiger charge is 2.03. The van der Waals surface area contributed by atoms with E-state index in [-0.39, 0.29) is 12.5 Å². The Bertz CT molecular complexity index is 463. The first kappa shape index (κ1) is 20.0. The Morgan fingerprint density at radius 3 is 2.83 bits per heavy atom. The summed E-state index contributed by atoms with van der Waals surface area (Å²) in [5.41, 5.74) is 0. The van der Waals surface area contributed by atoms with Crippen molar-refractivity contribution >= 4 is 11.9 Å². The molecular weight excluding hydrogens is 312 g/mol. The van der Waals surface area contributed by atoms with Gasteiger partial charge in [0.15, 0.2) is 5.96 Å². The maximum Gasteiger partial charge on any atom is 0.242 e. The third-order valence-electron chi connectivity index (χ3n) is 2.95. The number of hydrogen-bond acceptors (Lipinski definition) is 5. The van der Waals surface area contributed by atoms with Crippen molar-refractivity contribution in [2.45, 2.75) is 19.9 Å². The van der Waals surface area contributed by atoms with Gasteiger partial charge >= 0.3 is 0 Å². The van der Waals surface area contributed by atoms with E-state index in [4.69, 9.17) is 13.9 Å². The topological polar surface area (TPSA) is 97.1 Å². The van der Waals surface area contributed by atoms with Gasteiger partial charge in [-0.05, 0) is 25.5 Å². The molecule has 0 saturated carbocycles. The summed E-state index contributed by atoms with van der Waals surface area (Å²) in [6.07, 6.45) is 2.42. The molecular formula is C16H28N4O4. The fourth-order valence-corrected chi connectivity index (χ4v) is 1.77. The third-order valence-corrected chi connectivity index (χ3v) is 2.95. The highest BCUT2D eigenvalue weighted by molar-refractivity contribution is 5.84. The molecule has 8 nitrogen and oxygen atoms in total. The van der Waals surface area contributed by atoms with Crippen molar-refractivity contribution in [1.82, 2.24) is 16.0 Å². The average Bonchev–Trinajstić information content (AvgIpc) is 3.10. The molecule has 136 valence electrons. The van der Waals surface area contributed by atoms with Crippen LogP contribution >= 0.6 is 0 Å². The fourth-order valence-electron chi connectivity index (χ4n) is 1.77. The lowest BCUT2D eigenvalue weighted by atomic mass is 10.4. The zero-order chi connectivity index (χ0) is 17.5. The highest BCUT2D eigenvalue weighted by Crippen LogP contribution is 1.98. The molecule has 8 heteroatoms. The molecule has 1 aromatic heterocycles. The van der Waals surface area contributed by atoms with E-state index in [1.165, 1.54) is 0 Å². The van der Waals surface area contributed by atoms with Gasteiger partial charge in [0.05, 0.1) is 26.0 Å². The lowest BCUT2D eigenvalue weighted by molar-refractivity contribution is -0.119. The van der Waals surface area contributed by atoms with Gasteiger partial charge in [-0.3, -0.25) is 4.79 Å². The summed E-state index contributed by atoms with van der Waals surface area (Å²) in [6.45, 7) is 5.69. The van der Waals surface area contributed by atoms with Gasteiger partial charge < -0.3 is 29.8 Å². The number of carbonyl (C=O) groups excluding carboxylic acids is 1. The van der Waals surface area contributed by atoms with Crippen LogP contribution in [0.2, 0.25) is 0 Å². The van der Waals surface area contributed by atoms with Crippen LogP contribution in [0.1, 0.15) is 19.1 Å². The number of hydrogen-bond donors (Lipinski definition) is 3. The molecule has 0 fully saturated rings. The largest absolute Gasteiger partial charge is 0.467 e. The van der Waals surface area contributed by atoms with Crippen LogP contribution in [0, 0.1) is 0 Å². The number of guanidine groups is 1. The number of nitrogens with one attached hydrogen (secondary N) is 3. The molecule has 0 bridgehead atoms. The summed E-state index contributed by atoms with van der Waals surface area (Å²) in [5, 5.41) is 9.02. The molecule has 0 unspecified atom stereocenters. The SMILES string of the molecule is CCNC(=NCC(=O)NCc1ccco1)NCCCOCCOC. The van der Waals surface area contributed by atoms with Crippen LogP contribution in [0.25, 0.3) is 0 Å². The Morgan fingerprint density at radius 2 is 2.12 bits per heavy atom. The number of methoxy groups -OCH3 is 1. The summed E-state index contributed by atoms with van der Waals surface area (Å²) < 4.78 is 15.4. The van der Waals surface area contributed by atoms with Crippen LogP contribution in [-0.2, 0) is 20.8 Å². The highest BCUT2D eigenvalue weighted by atomic mass is 16.5. The minimum atomic E-state index is -0.161. The van der Waals surface area contributed by atoms with Gasteiger partial charge in [0.1, 0.15) is 12.3 Å². The molecule has 0 aliphatic rings. The summed E-state index contributed by atoms with van der Waals surface area (Å²) >= 11 is 0. The fraction of sp³-hybridized carbons (Fsp3) is 0.625. The van der Waals surface area contributed by atoms with Crippen molar-refractivity contribution in [3.8, 4) is 0 Å². The molecule has 0 radical (unpaired) electrons. The Morgan fingerprint density at radius 1 is 1.25 bits per heavy atom. The van der Waals surface area contributed by atoms with Crippen LogP contribution in [-0.4, -0.2) is 58.4 Å². The number of furan rings is 1. The van der Waals surface area contributed by atoms with Gasteiger partial charge in [-0.25, -0.2) is 4.99 Å². The van der Waals surface area contributed by atoms with E-state index in [1.54, 1.807) is 19.4 Å². The van der Waals surface area contributed by atoms with E-state index in [2.05, 4.69) is 20.9 Å². The van der Waals surface area contributed by atoms with Crippen LogP contribution in [0.3, 0.4) is 0 Å². The van der Waals surface area contributed by atoms with E-state index >= 15 is 0 Å². The van der Waals surface area contributed by atoms with Gasteiger partial charge in [-0.1, -0.05) is 0 Å². The van der Waals surface area contributed by atoms with Crippen LogP contribution in [0.15, 0.2) is 27.8 Å². The molecule has 0 saturated heterocycles. The zero-order valence-electron chi connectivity index (χ0n) is 14.5. The molecule has 1 heterocycles. The monoisotopic (exact) mass is 340 g/mol. The number of nitrogens with zero attached hydrogens (tertiary/aromatic N) is 1. The van der Waals surface area contributed by atoms with Crippen LogP contribution in [0.5, 0.6) is 0 Å². The molecule has 1 rings (SSSR count). The number of ether oxygens (including phenoxy) is 2. The van der Waals surface area contributed by atoms with E-state index < -0.39 is 0 Å². The number of aliphatic imine (C=N–C) groups is 1. The van der Waals surface area contributed by atoms with Gasteiger partial charge in [0, 0.05) is 26.8 Å². The van der Waals surface area contributed by atoms with Crippen LogP contribution < -0.4 is 16.0 Å². The van der Waals surface area contributed by atoms with Crippen LogP contribution in [0.4, 0.5) is 0 Å². The smallest absolute Gasteiger partial charge is 0.242 e. The first-order valence-corrected chi connectivity index (χ1v) is 8.14. The summed E-state index contributed by atoms with van der Waals surface area (Å²) in [6, 6.07) is 3.59. The molecule has 0 atom stereocenters. The van der Waals surface area contributed by atoms with Crippen molar-refractivity contribution in [2.24, 2.45) is 4.99 Å². The Hall–Kier alpha value is -2.06. The van der Waals surface area contributed by atoms with Gasteiger partial charge in [0.2, 0.25) is 5.91 Å². The number of rotatable bonds is 12. The van der Waals surface area contributed by atoms with E-state index in [0.717, 1.165) is 13.0 Å². The quantitative estimate of drug-likeness (QED) is 0.291. The van der Waals surface area contributed by atoms with Gasteiger partial charge in [-0.2, -0.15) is 0 Å². The predicted octanol–water partition coefficient (Wildman–Crippen LogP) is 0.504. The number of amides is 1. The maximum absolute atomic E-state index is 11.8. The maximum atomic E-state index is 11.8. The van der Waals surface area contributed by atoms with Crippen molar-refractivity contribution in [3.05, 3.63) is 24.2 Å². The van der Waals surface area contributed by atoms with E-state index in [1.807, 2.05) is 13.0 Å². The lowest BCUT2D eigenvalue weighted by Crippen LogP contribution is -2.39. The molecule has 0 spiro atoms. The third kappa shape index (κ3) is 9.86. The van der Waals surface area contributed by atoms with Crippen molar-refractivity contribution in [3.63, 3.8) is 0 Å². The Kier molecular flexibility index (Phi) is 11.1. The van der Waals surface area contributed by atoms with Crippen molar-refractivity contribution < 1.29 is 18.7 Å². The lowest BCUT2D eigenvalue weighted by Gasteiger charge is -2.11. The molecule has 0 aliphatic carbocycles. The molecule has 3 N–H and O–H groups in total. The molecule has 1 aromatic rings. The minimum Gasteiger partial charge on any atom is -0.467 e. The zero-order valence-corrected chi connectivity index (χ0v) is 14.5. The summed E-state index contributed by atoms with van der Waals surface area (Å²) in [7, 11) is 1.65. The van der Waals surface area contributed by atoms with Crippen molar-refractivity contribution in [1.29, 1.82) is 0 Å². The van der Waals surface area contributed by atoms with Crippen molar-refractivity contribution in [2.75, 3.05) is 46.6 Å². The minimum absolute atomic E-state index is 0.0559. The first-order chi connectivity index (χ1) is 11.8. The Labute approximate surface area is 143 Å². The normalized spacial score (nSPS) is 11.3. The summed E-state index contributed by atoms with van der Waals surface area (Å²) in [5.74, 6) is 1.17. The van der Waals surface area contributed by atoms with Gasteiger partial charge in [0.25, 0.3) is 0 Å². The first-order valence-electron chi connectivity index (χ1n) is 8.14. The van der Waals surface area contributed by atoms with Gasteiger partial charge in [-0.15, -0.1) is 0 Å².